The lowest BCUT2D eigenvalue weighted by molar-refractivity contribution is -0.140. The number of hydrazine groups is 1. The number of carboxylic acids is 1. The highest BCUT2D eigenvalue weighted by molar-refractivity contribution is 5.73. The molecule has 4 nitrogen and oxygen atoms in total. The van der Waals surface area contributed by atoms with Gasteiger partial charge in [-0.25, -0.2) is 5.43 Å². The number of hydrogen-bond donors (Lipinski definition) is 3. The first-order valence-corrected chi connectivity index (χ1v) is 4.93. The van der Waals surface area contributed by atoms with Gasteiger partial charge in [-0.3, -0.25) is 10.6 Å². The van der Waals surface area contributed by atoms with E-state index in [1.165, 1.54) is 19.3 Å². The van der Waals surface area contributed by atoms with E-state index in [0.29, 0.717) is 12.3 Å². The van der Waals surface area contributed by atoms with Gasteiger partial charge in [0.1, 0.15) is 6.04 Å². The van der Waals surface area contributed by atoms with Gasteiger partial charge in [0.15, 0.2) is 0 Å². The van der Waals surface area contributed by atoms with E-state index in [2.05, 4.69) is 5.43 Å². The Morgan fingerprint density at radius 3 is 2.54 bits per heavy atom. The second kappa shape index (κ2) is 5.19. The van der Waals surface area contributed by atoms with Gasteiger partial charge in [-0.15, -0.1) is 0 Å². The molecule has 13 heavy (non-hydrogen) atoms. The van der Waals surface area contributed by atoms with Gasteiger partial charge in [-0.05, 0) is 12.3 Å². The van der Waals surface area contributed by atoms with Gasteiger partial charge >= 0.3 is 5.97 Å². The van der Waals surface area contributed by atoms with Gasteiger partial charge in [-0.2, -0.15) is 0 Å². The third-order valence-corrected chi connectivity index (χ3v) is 2.79. The van der Waals surface area contributed by atoms with Crippen LogP contribution in [0.5, 0.6) is 0 Å². The summed E-state index contributed by atoms with van der Waals surface area (Å²) >= 11 is 0. The van der Waals surface area contributed by atoms with Crippen molar-refractivity contribution in [1.29, 1.82) is 0 Å². The molecule has 4 heteroatoms. The Bertz CT molecular complexity index is 167. The molecular weight excluding hydrogens is 168 g/mol. The maximum absolute atomic E-state index is 10.7. The molecular formula is C9H18N2O2. The highest BCUT2D eigenvalue weighted by atomic mass is 16.4. The van der Waals surface area contributed by atoms with Crippen LogP contribution >= 0.6 is 0 Å². The molecule has 0 aromatic heterocycles. The predicted molar refractivity (Wildman–Crippen MR) is 49.9 cm³/mol. The minimum Gasteiger partial charge on any atom is -0.480 e. The van der Waals surface area contributed by atoms with Gasteiger partial charge in [0.05, 0.1) is 0 Å². The summed E-state index contributed by atoms with van der Waals surface area (Å²) in [5, 5.41) is 8.76. The lowest BCUT2D eigenvalue weighted by atomic mass is 9.85. The number of nitrogens with two attached hydrogens (primary N) is 1. The molecule has 0 aliphatic heterocycles. The fraction of sp³-hybridized carbons (Fsp3) is 0.889. The molecule has 4 N–H and O–H groups in total. The Balaban J connectivity index is 2.31. The van der Waals surface area contributed by atoms with Crippen LogP contribution in [0.1, 0.15) is 38.5 Å². The molecule has 0 saturated heterocycles. The summed E-state index contributed by atoms with van der Waals surface area (Å²) in [5.41, 5.74) is 2.35. The highest BCUT2D eigenvalue weighted by Gasteiger charge is 2.22. The molecule has 0 aromatic carbocycles. The normalized spacial score (nSPS) is 21.3. The summed E-state index contributed by atoms with van der Waals surface area (Å²) in [6.07, 6.45) is 6.76. The molecule has 0 amide bonds. The van der Waals surface area contributed by atoms with Crippen molar-refractivity contribution in [3.63, 3.8) is 0 Å². The van der Waals surface area contributed by atoms with Gasteiger partial charge in [0.25, 0.3) is 0 Å². The fourth-order valence-corrected chi connectivity index (χ4v) is 2.00. The molecule has 0 radical (unpaired) electrons. The molecule has 1 saturated carbocycles. The van der Waals surface area contributed by atoms with Crippen LogP contribution in [0.15, 0.2) is 0 Å². The zero-order valence-corrected chi connectivity index (χ0v) is 7.83. The predicted octanol–water partition coefficient (Wildman–Crippen LogP) is 0.873. The summed E-state index contributed by atoms with van der Waals surface area (Å²) < 4.78 is 0. The summed E-state index contributed by atoms with van der Waals surface area (Å²) in [4.78, 5) is 10.7. The van der Waals surface area contributed by atoms with Gasteiger partial charge in [0, 0.05) is 0 Å². The van der Waals surface area contributed by atoms with Gasteiger partial charge < -0.3 is 5.11 Å². The monoisotopic (exact) mass is 186 g/mol. The van der Waals surface area contributed by atoms with Crippen molar-refractivity contribution in [2.75, 3.05) is 0 Å². The fourth-order valence-electron chi connectivity index (χ4n) is 2.00. The number of hydrogen-bond acceptors (Lipinski definition) is 3. The van der Waals surface area contributed by atoms with E-state index >= 15 is 0 Å². The molecule has 1 fully saturated rings. The molecule has 1 atom stereocenters. The van der Waals surface area contributed by atoms with Gasteiger partial charge in [0.2, 0.25) is 0 Å². The molecule has 1 aliphatic rings. The van der Waals surface area contributed by atoms with Crippen molar-refractivity contribution >= 4 is 5.97 Å². The molecule has 0 heterocycles. The number of nitrogens with one attached hydrogen (secondary N) is 1. The van der Waals surface area contributed by atoms with Crippen LogP contribution in [0.2, 0.25) is 0 Å². The highest BCUT2D eigenvalue weighted by Crippen LogP contribution is 2.27. The van der Waals surface area contributed by atoms with Gasteiger partial charge in [-0.1, -0.05) is 32.1 Å². The number of carbonyl (C=O) groups is 1. The zero-order valence-electron chi connectivity index (χ0n) is 7.83. The van der Waals surface area contributed by atoms with Crippen LogP contribution in [0.25, 0.3) is 0 Å². The van der Waals surface area contributed by atoms with Crippen molar-refractivity contribution < 1.29 is 9.90 Å². The Morgan fingerprint density at radius 2 is 2.08 bits per heavy atom. The van der Waals surface area contributed by atoms with Crippen LogP contribution in [0.4, 0.5) is 0 Å². The van der Waals surface area contributed by atoms with Crippen molar-refractivity contribution in [3.8, 4) is 0 Å². The topological polar surface area (TPSA) is 75.3 Å². The quantitative estimate of drug-likeness (QED) is 0.450. The first kappa shape index (κ1) is 10.5. The first-order valence-electron chi connectivity index (χ1n) is 4.93. The average Bonchev–Trinajstić information content (AvgIpc) is 2.15. The maximum Gasteiger partial charge on any atom is 0.322 e. The summed E-state index contributed by atoms with van der Waals surface area (Å²) in [5.74, 6) is 4.87. The summed E-state index contributed by atoms with van der Waals surface area (Å²) in [6, 6.07) is -0.567. The third-order valence-electron chi connectivity index (χ3n) is 2.79. The minimum absolute atomic E-state index is 0.547. The van der Waals surface area contributed by atoms with E-state index in [-0.39, 0.29) is 0 Å². The first-order chi connectivity index (χ1) is 6.24. The van der Waals surface area contributed by atoms with Crippen LogP contribution in [-0.4, -0.2) is 17.1 Å². The van der Waals surface area contributed by atoms with Crippen molar-refractivity contribution in [2.45, 2.75) is 44.6 Å². The lowest BCUT2D eigenvalue weighted by Crippen LogP contribution is -2.42. The van der Waals surface area contributed by atoms with Crippen molar-refractivity contribution in [2.24, 2.45) is 11.8 Å². The van der Waals surface area contributed by atoms with E-state index in [0.717, 1.165) is 12.8 Å². The van der Waals surface area contributed by atoms with Crippen LogP contribution in [-0.2, 0) is 4.79 Å². The van der Waals surface area contributed by atoms with Crippen LogP contribution in [0.3, 0.4) is 0 Å². The smallest absolute Gasteiger partial charge is 0.322 e. The largest absolute Gasteiger partial charge is 0.480 e. The van der Waals surface area contributed by atoms with E-state index in [1.807, 2.05) is 0 Å². The van der Waals surface area contributed by atoms with Crippen LogP contribution in [0, 0.1) is 5.92 Å². The molecule has 0 bridgehead atoms. The third kappa shape index (κ3) is 3.32. The van der Waals surface area contributed by atoms with Crippen molar-refractivity contribution in [3.05, 3.63) is 0 Å². The Kier molecular flexibility index (Phi) is 4.18. The summed E-state index contributed by atoms with van der Waals surface area (Å²) in [7, 11) is 0. The average molecular weight is 186 g/mol. The number of aliphatic carboxylic acids is 1. The second-order valence-electron chi connectivity index (χ2n) is 3.80. The zero-order chi connectivity index (χ0) is 9.68. The molecule has 0 aromatic rings. The Morgan fingerprint density at radius 1 is 1.46 bits per heavy atom. The standard InChI is InChI=1S/C9H18N2O2/c10-11-8(9(12)13)6-7-4-2-1-3-5-7/h7-8,11H,1-6,10H2,(H,12,13). The van der Waals surface area contributed by atoms with E-state index in [4.69, 9.17) is 10.9 Å². The molecule has 76 valence electrons. The number of carboxylic acid groups (broad SMARTS) is 1. The molecule has 1 rings (SSSR count). The number of rotatable bonds is 4. The van der Waals surface area contributed by atoms with E-state index in [1.54, 1.807) is 0 Å². The van der Waals surface area contributed by atoms with Crippen molar-refractivity contribution in [1.82, 2.24) is 5.43 Å². The second-order valence-corrected chi connectivity index (χ2v) is 3.80. The molecule has 1 unspecified atom stereocenters. The maximum atomic E-state index is 10.7. The Labute approximate surface area is 78.5 Å². The summed E-state index contributed by atoms with van der Waals surface area (Å²) in [6.45, 7) is 0. The minimum atomic E-state index is -0.840. The molecule has 0 spiro atoms. The molecule has 1 aliphatic carbocycles. The van der Waals surface area contributed by atoms with E-state index < -0.39 is 12.0 Å². The SMILES string of the molecule is NNC(CC1CCCCC1)C(=O)O. The Hall–Kier alpha value is -0.610. The lowest BCUT2D eigenvalue weighted by Gasteiger charge is -2.23. The van der Waals surface area contributed by atoms with Crippen LogP contribution < -0.4 is 11.3 Å². The van der Waals surface area contributed by atoms with E-state index in [9.17, 15) is 4.79 Å².